The second-order valence-electron chi connectivity index (χ2n) is 5.57. The molecule has 0 saturated heterocycles. The third-order valence-electron chi connectivity index (χ3n) is 4.01. The Hall–Kier alpha value is -1.35. The predicted octanol–water partition coefficient (Wildman–Crippen LogP) is 3.82. The summed E-state index contributed by atoms with van der Waals surface area (Å²) in [4.78, 5) is 14.2. The number of unbranched alkanes of at least 4 members (excludes halogenated alkanes) is 4. The zero-order valence-electron chi connectivity index (χ0n) is 12.3. The SMILES string of the molecule is CCCCCCCC(=O)N1CCC(O)c2ccccc21. The first-order valence-corrected chi connectivity index (χ1v) is 7.81. The largest absolute Gasteiger partial charge is 0.388 e. The molecule has 1 atom stereocenters. The number of rotatable bonds is 6. The van der Waals surface area contributed by atoms with E-state index in [2.05, 4.69) is 6.92 Å². The van der Waals surface area contributed by atoms with E-state index >= 15 is 0 Å². The van der Waals surface area contributed by atoms with Gasteiger partial charge < -0.3 is 10.0 Å². The summed E-state index contributed by atoms with van der Waals surface area (Å²) in [6.45, 7) is 2.83. The molecule has 3 nitrogen and oxygen atoms in total. The first-order chi connectivity index (χ1) is 9.74. The van der Waals surface area contributed by atoms with Crippen LogP contribution in [-0.4, -0.2) is 17.6 Å². The molecular formula is C17H25NO2. The van der Waals surface area contributed by atoms with Crippen LogP contribution in [0.25, 0.3) is 0 Å². The van der Waals surface area contributed by atoms with Gasteiger partial charge in [-0.15, -0.1) is 0 Å². The van der Waals surface area contributed by atoms with Crippen molar-refractivity contribution >= 4 is 11.6 Å². The van der Waals surface area contributed by atoms with Crippen molar-refractivity contribution in [3.63, 3.8) is 0 Å². The summed E-state index contributed by atoms with van der Waals surface area (Å²) in [7, 11) is 0. The Labute approximate surface area is 121 Å². The number of para-hydroxylation sites is 1. The smallest absolute Gasteiger partial charge is 0.226 e. The Morgan fingerprint density at radius 2 is 2.00 bits per heavy atom. The monoisotopic (exact) mass is 275 g/mol. The molecule has 0 radical (unpaired) electrons. The molecule has 3 heteroatoms. The van der Waals surface area contributed by atoms with Gasteiger partial charge in [-0.05, 0) is 18.9 Å². The number of anilines is 1. The van der Waals surface area contributed by atoms with Crippen LogP contribution in [0.3, 0.4) is 0 Å². The Bertz CT molecular complexity index is 444. The van der Waals surface area contributed by atoms with Gasteiger partial charge in [0.1, 0.15) is 0 Å². The fourth-order valence-corrected chi connectivity index (χ4v) is 2.82. The highest BCUT2D eigenvalue weighted by molar-refractivity contribution is 5.94. The minimum Gasteiger partial charge on any atom is -0.388 e. The number of carbonyl (C=O) groups is 1. The van der Waals surface area contributed by atoms with Crippen LogP contribution >= 0.6 is 0 Å². The molecule has 1 aliphatic rings. The average molecular weight is 275 g/mol. The first kappa shape index (κ1) is 15.0. The van der Waals surface area contributed by atoms with E-state index in [-0.39, 0.29) is 5.91 Å². The maximum absolute atomic E-state index is 12.3. The fourth-order valence-electron chi connectivity index (χ4n) is 2.82. The number of fused-ring (bicyclic) bond motifs is 1. The molecule has 1 amide bonds. The Morgan fingerprint density at radius 3 is 2.80 bits per heavy atom. The Balaban J connectivity index is 1.92. The average Bonchev–Trinajstić information content (AvgIpc) is 2.47. The maximum atomic E-state index is 12.3. The van der Waals surface area contributed by atoms with Crippen LogP contribution in [0.2, 0.25) is 0 Å². The van der Waals surface area contributed by atoms with Gasteiger partial charge in [-0.1, -0.05) is 50.8 Å². The third kappa shape index (κ3) is 3.60. The molecular weight excluding hydrogens is 250 g/mol. The topological polar surface area (TPSA) is 40.5 Å². The van der Waals surface area contributed by atoms with E-state index in [1.54, 1.807) is 0 Å². The minimum atomic E-state index is -0.431. The summed E-state index contributed by atoms with van der Waals surface area (Å²) in [6.07, 6.45) is 6.64. The molecule has 1 aromatic carbocycles. The molecule has 0 aliphatic carbocycles. The van der Waals surface area contributed by atoms with Crippen LogP contribution in [0.1, 0.15) is 63.5 Å². The van der Waals surface area contributed by atoms with Crippen LogP contribution in [-0.2, 0) is 4.79 Å². The summed E-state index contributed by atoms with van der Waals surface area (Å²) in [5.74, 6) is 0.195. The van der Waals surface area contributed by atoms with Crippen molar-refractivity contribution in [2.45, 2.75) is 58.0 Å². The summed E-state index contributed by atoms with van der Waals surface area (Å²) in [5.41, 5.74) is 1.78. The Morgan fingerprint density at radius 1 is 1.25 bits per heavy atom. The van der Waals surface area contributed by atoms with Gasteiger partial charge in [-0.3, -0.25) is 4.79 Å². The molecule has 1 aliphatic heterocycles. The standard InChI is InChI=1S/C17H25NO2/c1-2-3-4-5-6-11-17(20)18-13-12-16(19)14-9-7-8-10-15(14)18/h7-10,16,19H,2-6,11-13H2,1H3. The lowest BCUT2D eigenvalue weighted by atomic mass is 9.98. The van der Waals surface area contributed by atoms with E-state index < -0.39 is 6.10 Å². The summed E-state index contributed by atoms with van der Waals surface area (Å²) in [5, 5.41) is 10.00. The van der Waals surface area contributed by atoms with Crippen LogP contribution in [0.4, 0.5) is 5.69 Å². The van der Waals surface area contributed by atoms with Gasteiger partial charge in [0.25, 0.3) is 0 Å². The van der Waals surface area contributed by atoms with Gasteiger partial charge in [-0.25, -0.2) is 0 Å². The van der Waals surface area contributed by atoms with E-state index in [9.17, 15) is 9.90 Å². The van der Waals surface area contributed by atoms with Crippen molar-refractivity contribution in [2.24, 2.45) is 0 Å². The molecule has 0 fully saturated rings. The molecule has 1 unspecified atom stereocenters. The molecule has 0 bridgehead atoms. The molecule has 1 heterocycles. The van der Waals surface area contributed by atoms with Crippen LogP contribution < -0.4 is 4.90 Å². The molecule has 0 saturated carbocycles. The second-order valence-corrected chi connectivity index (χ2v) is 5.57. The molecule has 110 valence electrons. The number of carbonyl (C=O) groups excluding carboxylic acids is 1. The number of hydrogen-bond acceptors (Lipinski definition) is 2. The second kappa shape index (κ2) is 7.44. The number of hydrogen-bond donors (Lipinski definition) is 1. The zero-order chi connectivity index (χ0) is 14.4. The summed E-state index contributed by atoms with van der Waals surface area (Å²) >= 11 is 0. The maximum Gasteiger partial charge on any atom is 0.226 e. The van der Waals surface area contributed by atoms with Gasteiger partial charge in [0.2, 0.25) is 5.91 Å². The lowest BCUT2D eigenvalue weighted by Crippen LogP contribution is -2.36. The van der Waals surface area contributed by atoms with E-state index in [1.165, 1.54) is 19.3 Å². The predicted molar refractivity (Wildman–Crippen MR) is 81.7 cm³/mol. The van der Waals surface area contributed by atoms with Crippen LogP contribution in [0.5, 0.6) is 0 Å². The third-order valence-corrected chi connectivity index (χ3v) is 4.01. The van der Waals surface area contributed by atoms with Gasteiger partial charge in [0.05, 0.1) is 6.10 Å². The number of nitrogens with zero attached hydrogens (tertiary/aromatic N) is 1. The molecule has 0 aromatic heterocycles. The highest BCUT2D eigenvalue weighted by atomic mass is 16.3. The van der Waals surface area contributed by atoms with E-state index in [0.29, 0.717) is 19.4 Å². The van der Waals surface area contributed by atoms with Crippen molar-refractivity contribution in [1.29, 1.82) is 0 Å². The molecule has 1 N–H and O–H groups in total. The lowest BCUT2D eigenvalue weighted by Gasteiger charge is -2.32. The molecule has 20 heavy (non-hydrogen) atoms. The van der Waals surface area contributed by atoms with Crippen molar-refractivity contribution in [2.75, 3.05) is 11.4 Å². The normalized spacial score (nSPS) is 17.9. The Kier molecular flexibility index (Phi) is 5.60. The first-order valence-electron chi connectivity index (χ1n) is 7.81. The summed E-state index contributed by atoms with van der Waals surface area (Å²) in [6, 6.07) is 7.70. The summed E-state index contributed by atoms with van der Waals surface area (Å²) < 4.78 is 0. The van der Waals surface area contributed by atoms with Crippen LogP contribution in [0.15, 0.2) is 24.3 Å². The van der Waals surface area contributed by atoms with E-state index in [1.807, 2.05) is 29.2 Å². The molecule has 2 rings (SSSR count). The van der Waals surface area contributed by atoms with Crippen molar-refractivity contribution in [3.05, 3.63) is 29.8 Å². The molecule has 0 spiro atoms. The highest BCUT2D eigenvalue weighted by Gasteiger charge is 2.26. The quantitative estimate of drug-likeness (QED) is 0.802. The minimum absolute atomic E-state index is 0.195. The lowest BCUT2D eigenvalue weighted by molar-refractivity contribution is -0.118. The van der Waals surface area contributed by atoms with E-state index in [4.69, 9.17) is 0 Å². The fraction of sp³-hybridized carbons (Fsp3) is 0.588. The van der Waals surface area contributed by atoms with Gasteiger partial charge in [0, 0.05) is 24.2 Å². The molecule has 1 aromatic rings. The number of benzene rings is 1. The number of aliphatic hydroxyl groups excluding tert-OH is 1. The van der Waals surface area contributed by atoms with Gasteiger partial charge >= 0.3 is 0 Å². The van der Waals surface area contributed by atoms with Crippen molar-refractivity contribution in [3.8, 4) is 0 Å². The number of aliphatic hydroxyl groups is 1. The van der Waals surface area contributed by atoms with E-state index in [0.717, 1.165) is 24.1 Å². The van der Waals surface area contributed by atoms with Crippen molar-refractivity contribution < 1.29 is 9.90 Å². The van der Waals surface area contributed by atoms with Crippen molar-refractivity contribution in [1.82, 2.24) is 0 Å². The van der Waals surface area contributed by atoms with Gasteiger partial charge in [0.15, 0.2) is 0 Å². The zero-order valence-corrected chi connectivity index (χ0v) is 12.3. The number of amides is 1. The van der Waals surface area contributed by atoms with Crippen LogP contribution in [0, 0.1) is 0 Å². The highest BCUT2D eigenvalue weighted by Crippen LogP contribution is 2.33. The van der Waals surface area contributed by atoms with Gasteiger partial charge in [-0.2, -0.15) is 0 Å².